The number of likely N-dealkylation sites (tertiary alicyclic amines) is 1. The zero-order valence-corrected chi connectivity index (χ0v) is 18.7. The Balaban J connectivity index is 1.28. The molecule has 1 atom stereocenters. The molecule has 1 unspecified atom stereocenters. The van der Waals surface area contributed by atoms with Gasteiger partial charge >= 0.3 is 12.1 Å². The van der Waals surface area contributed by atoms with Crippen molar-refractivity contribution in [3.8, 4) is 11.1 Å². The lowest BCUT2D eigenvalue weighted by atomic mass is 9.98. The van der Waals surface area contributed by atoms with Gasteiger partial charge in [-0.3, -0.25) is 10.1 Å². The third-order valence-electron chi connectivity index (χ3n) is 6.59. The van der Waals surface area contributed by atoms with E-state index in [0.29, 0.717) is 12.8 Å². The van der Waals surface area contributed by atoms with E-state index in [2.05, 4.69) is 5.32 Å². The summed E-state index contributed by atoms with van der Waals surface area (Å²) in [5.74, 6) is -2.74. The predicted octanol–water partition coefficient (Wildman–Crippen LogP) is 4.88. The molecule has 2 aliphatic rings. The molecule has 0 spiro atoms. The predicted molar refractivity (Wildman–Crippen MR) is 127 cm³/mol. The quantitative estimate of drug-likeness (QED) is 0.550. The van der Waals surface area contributed by atoms with E-state index in [1.807, 2.05) is 48.5 Å². The van der Waals surface area contributed by atoms with Crippen molar-refractivity contribution in [1.82, 2.24) is 4.90 Å². The fraction of sp³-hybridized carbons (Fsp3) is 0.222. The fourth-order valence-corrected chi connectivity index (χ4v) is 4.94. The number of halogens is 1. The zero-order chi connectivity index (χ0) is 24.5. The molecule has 178 valence electrons. The van der Waals surface area contributed by atoms with Crippen molar-refractivity contribution in [2.75, 3.05) is 18.5 Å². The second kappa shape index (κ2) is 9.21. The Hall–Kier alpha value is -4.20. The number of carboxylic acid groups (broad SMARTS) is 1. The first-order valence-electron chi connectivity index (χ1n) is 11.4. The summed E-state index contributed by atoms with van der Waals surface area (Å²) in [7, 11) is 0. The minimum atomic E-state index is -1.12. The van der Waals surface area contributed by atoms with Crippen LogP contribution in [0.4, 0.5) is 14.9 Å². The number of amides is 2. The minimum Gasteiger partial charge on any atom is -0.480 e. The second-order valence-corrected chi connectivity index (χ2v) is 8.64. The minimum absolute atomic E-state index is 0.110. The summed E-state index contributed by atoms with van der Waals surface area (Å²) in [6, 6.07) is 18.6. The van der Waals surface area contributed by atoms with E-state index in [4.69, 9.17) is 4.74 Å². The van der Waals surface area contributed by atoms with Crippen molar-refractivity contribution in [2.24, 2.45) is 0 Å². The molecule has 1 aliphatic carbocycles. The molecule has 0 saturated carbocycles. The van der Waals surface area contributed by atoms with Gasteiger partial charge in [0.2, 0.25) is 0 Å². The highest BCUT2D eigenvalue weighted by molar-refractivity contribution is 5.98. The molecule has 2 N–H and O–H groups in total. The number of carbonyl (C=O) groups is 3. The summed E-state index contributed by atoms with van der Waals surface area (Å²) in [5, 5.41) is 11.9. The number of carbonyl (C=O) groups excluding carboxylic acids is 2. The van der Waals surface area contributed by atoms with Crippen LogP contribution in [-0.4, -0.2) is 47.2 Å². The van der Waals surface area contributed by atoms with Crippen molar-refractivity contribution in [2.45, 2.75) is 24.8 Å². The molecule has 1 fully saturated rings. The van der Waals surface area contributed by atoms with E-state index in [1.54, 1.807) is 0 Å². The van der Waals surface area contributed by atoms with Gasteiger partial charge < -0.3 is 14.7 Å². The molecule has 0 aromatic heterocycles. The molecule has 1 heterocycles. The highest BCUT2D eigenvalue weighted by atomic mass is 19.1. The summed E-state index contributed by atoms with van der Waals surface area (Å²) >= 11 is 0. The van der Waals surface area contributed by atoms with Crippen molar-refractivity contribution in [1.29, 1.82) is 0 Å². The number of rotatable bonds is 5. The maximum Gasteiger partial charge on any atom is 0.411 e. The first-order valence-corrected chi connectivity index (χ1v) is 11.4. The summed E-state index contributed by atoms with van der Waals surface area (Å²) in [6.45, 7) is 0.347. The molecule has 35 heavy (non-hydrogen) atoms. The van der Waals surface area contributed by atoms with Crippen molar-refractivity contribution in [3.05, 3.63) is 89.2 Å². The van der Waals surface area contributed by atoms with Crippen LogP contribution in [0.3, 0.4) is 0 Å². The van der Waals surface area contributed by atoms with Crippen LogP contribution in [0.5, 0.6) is 0 Å². The molecule has 3 aromatic carbocycles. The summed E-state index contributed by atoms with van der Waals surface area (Å²) in [4.78, 5) is 38.0. The van der Waals surface area contributed by atoms with E-state index < -0.39 is 29.8 Å². The van der Waals surface area contributed by atoms with Gasteiger partial charge in [-0.1, -0.05) is 48.5 Å². The van der Waals surface area contributed by atoms with E-state index >= 15 is 0 Å². The van der Waals surface area contributed by atoms with Crippen molar-refractivity contribution >= 4 is 23.7 Å². The monoisotopic (exact) mass is 474 g/mol. The van der Waals surface area contributed by atoms with Crippen LogP contribution < -0.4 is 5.32 Å². The Bertz CT molecular complexity index is 1280. The second-order valence-electron chi connectivity index (χ2n) is 8.64. The van der Waals surface area contributed by atoms with E-state index in [9.17, 15) is 23.9 Å². The van der Waals surface area contributed by atoms with Crippen LogP contribution in [0.1, 0.15) is 40.2 Å². The Labute approximate surface area is 201 Å². The third kappa shape index (κ3) is 4.23. The van der Waals surface area contributed by atoms with Gasteiger partial charge in [0.05, 0.1) is 5.56 Å². The molecule has 5 rings (SSSR count). The number of ether oxygens (including phenoxy) is 1. The van der Waals surface area contributed by atoms with E-state index in [-0.39, 0.29) is 30.3 Å². The molecule has 1 saturated heterocycles. The molecular formula is C27H23FN2O5. The van der Waals surface area contributed by atoms with Crippen LogP contribution in [0, 0.1) is 5.82 Å². The molecule has 3 aromatic rings. The van der Waals surface area contributed by atoms with Crippen LogP contribution in [0.25, 0.3) is 11.1 Å². The topological polar surface area (TPSA) is 95.9 Å². The highest BCUT2D eigenvalue weighted by Gasteiger charge is 2.35. The number of carboxylic acids is 1. The smallest absolute Gasteiger partial charge is 0.411 e. The standard InChI is InChI=1S/C27H23FN2O5/c28-23-12-11-16(14-21(23)25(31)30-13-5-10-24(30)26(32)33)29-27(34)35-15-22-19-8-3-1-6-17(19)18-7-2-4-9-20(18)22/h1-4,6-9,11-12,14,22,24H,5,10,13,15H2,(H,29,34)(H,32,33). The Morgan fingerprint density at radius 1 is 1.00 bits per heavy atom. The molecule has 2 amide bonds. The first-order chi connectivity index (χ1) is 16.9. The lowest BCUT2D eigenvalue weighted by molar-refractivity contribution is -0.141. The van der Waals surface area contributed by atoms with Gasteiger partial charge in [0, 0.05) is 18.2 Å². The van der Waals surface area contributed by atoms with Crippen LogP contribution in [0.15, 0.2) is 66.7 Å². The number of hydrogen-bond donors (Lipinski definition) is 2. The number of benzene rings is 3. The zero-order valence-electron chi connectivity index (χ0n) is 18.7. The van der Waals surface area contributed by atoms with Gasteiger partial charge in [-0.05, 0) is 53.3 Å². The molecule has 0 bridgehead atoms. The van der Waals surface area contributed by atoms with Crippen molar-refractivity contribution in [3.63, 3.8) is 0 Å². The lowest BCUT2D eigenvalue weighted by Crippen LogP contribution is -2.40. The van der Waals surface area contributed by atoms with Gasteiger partial charge in [-0.2, -0.15) is 0 Å². The highest BCUT2D eigenvalue weighted by Crippen LogP contribution is 2.44. The summed E-state index contributed by atoms with van der Waals surface area (Å²) < 4.78 is 19.9. The maximum absolute atomic E-state index is 14.4. The summed E-state index contributed by atoms with van der Waals surface area (Å²) in [6.07, 6.45) is 0.115. The normalized spacial score (nSPS) is 16.5. The van der Waals surface area contributed by atoms with Gasteiger partial charge in [-0.15, -0.1) is 0 Å². The molecule has 1 aliphatic heterocycles. The number of aliphatic carboxylic acids is 1. The largest absolute Gasteiger partial charge is 0.480 e. The van der Waals surface area contributed by atoms with Gasteiger partial charge in [0.1, 0.15) is 18.5 Å². The Morgan fingerprint density at radius 3 is 2.31 bits per heavy atom. The number of hydrogen-bond acceptors (Lipinski definition) is 4. The average molecular weight is 474 g/mol. The average Bonchev–Trinajstić information content (AvgIpc) is 3.47. The molecule has 8 heteroatoms. The molecule has 0 radical (unpaired) electrons. The lowest BCUT2D eigenvalue weighted by Gasteiger charge is -2.22. The number of nitrogens with one attached hydrogen (secondary N) is 1. The van der Waals surface area contributed by atoms with Crippen LogP contribution >= 0.6 is 0 Å². The van der Waals surface area contributed by atoms with E-state index in [0.717, 1.165) is 33.2 Å². The number of anilines is 1. The maximum atomic E-state index is 14.4. The van der Waals surface area contributed by atoms with Gasteiger partial charge in [-0.25, -0.2) is 14.0 Å². The SMILES string of the molecule is O=C(Nc1ccc(F)c(C(=O)N2CCCC2C(=O)O)c1)OCC1c2ccccc2-c2ccccc21. The number of fused-ring (bicyclic) bond motifs is 3. The first kappa shape index (κ1) is 22.6. The van der Waals surface area contributed by atoms with E-state index in [1.165, 1.54) is 12.1 Å². The Morgan fingerprint density at radius 2 is 1.66 bits per heavy atom. The van der Waals surface area contributed by atoms with Crippen LogP contribution in [-0.2, 0) is 9.53 Å². The van der Waals surface area contributed by atoms with Crippen molar-refractivity contribution < 1.29 is 28.6 Å². The number of nitrogens with zero attached hydrogens (tertiary/aromatic N) is 1. The molecular weight excluding hydrogens is 451 g/mol. The Kier molecular flexibility index (Phi) is 5.94. The summed E-state index contributed by atoms with van der Waals surface area (Å²) in [5.41, 5.74) is 4.26. The molecule has 7 nitrogen and oxygen atoms in total. The third-order valence-corrected chi connectivity index (χ3v) is 6.59. The van der Waals surface area contributed by atoms with Gasteiger partial charge in [0.25, 0.3) is 5.91 Å². The van der Waals surface area contributed by atoms with Gasteiger partial charge in [0.15, 0.2) is 0 Å². The fourth-order valence-electron chi connectivity index (χ4n) is 4.94. The van der Waals surface area contributed by atoms with Crippen LogP contribution in [0.2, 0.25) is 0 Å².